The summed E-state index contributed by atoms with van der Waals surface area (Å²) in [7, 11) is 0. The quantitative estimate of drug-likeness (QED) is 0.702. The molecule has 3 atom stereocenters. The summed E-state index contributed by atoms with van der Waals surface area (Å²) in [6.45, 7) is 0. The van der Waals surface area contributed by atoms with Crippen LogP contribution in [0.3, 0.4) is 0 Å². The van der Waals surface area contributed by atoms with Gasteiger partial charge in [0.15, 0.2) is 0 Å². The Morgan fingerprint density at radius 2 is 1.26 bits per heavy atom. The molecule has 1 heterocycles. The van der Waals surface area contributed by atoms with E-state index in [9.17, 15) is 13.6 Å². The second-order valence-corrected chi connectivity index (χ2v) is 6.86. The highest BCUT2D eigenvalue weighted by molar-refractivity contribution is 5.88. The smallest absolute Gasteiger partial charge is 0.144 e. The molecule has 3 aromatic rings. The highest BCUT2D eigenvalue weighted by Crippen LogP contribution is 2.40. The van der Waals surface area contributed by atoms with Gasteiger partial charge in [0, 0.05) is 18.5 Å². The number of ketones is 1. The summed E-state index contributed by atoms with van der Waals surface area (Å²) in [6, 6.07) is 21.6. The van der Waals surface area contributed by atoms with Crippen LogP contribution in [-0.2, 0) is 4.79 Å². The van der Waals surface area contributed by atoms with Gasteiger partial charge in [-0.25, -0.2) is 8.78 Å². The van der Waals surface area contributed by atoms with E-state index in [1.807, 2.05) is 30.3 Å². The van der Waals surface area contributed by atoms with Crippen molar-refractivity contribution in [2.24, 2.45) is 0 Å². The second-order valence-electron chi connectivity index (χ2n) is 6.86. The van der Waals surface area contributed by atoms with Crippen molar-refractivity contribution in [3.8, 4) is 0 Å². The number of Topliss-reactive ketones (excluding diaryl/α,β-unsaturated/α-hetero) is 1. The Morgan fingerprint density at radius 3 is 1.85 bits per heavy atom. The van der Waals surface area contributed by atoms with E-state index < -0.39 is 0 Å². The average Bonchev–Trinajstić information content (AvgIpc) is 2.69. The van der Waals surface area contributed by atoms with Gasteiger partial charge >= 0.3 is 0 Å². The number of nitrogens with one attached hydrogen (secondary N) is 1. The SMILES string of the molecule is O=C1C[C@H](c2ccc(F)cc2)N[C@H](c2ccc(F)cc2)[C@H]1c1ccccc1. The van der Waals surface area contributed by atoms with E-state index in [-0.39, 0.29) is 35.4 Å². The van der Waals surface area contributed by atoms with Crippen LogP contribution in [0.4, 0.5) is 8.78 Å². The maximum atomic E-state index is 13.4. The van der Waals surface area contributed by atoms with Crippen LogP contribution >= 0.6 is 0 Å². The van der Waals surface area contributed by atoms with E-state index in [1.165, 1.54) is 24.3 Å². The molecule has 0 spiro atoms. The van der Waals surface area contributed by atoms with Crippen molar-refractivity contribution in [2.75, 3.05) is 0 Å². The zero-order valence-electron chi connectivity index (χ0n) is 14.6. The van der Waals surface area contributed by atoms with Crippen LogP contribution in [0.25, 0.3) is 0 Å². The molecule has 136 valence electrons. The van der Waals surface area contributed by atoms with E-state index in [1.54, 1.807) is 24.3 Å². The van der Waals surface area contributed by atoms with E-state index in [2.05, 4.69) is 5.32 Å². The predicted octanol–water partition coefficient (Wildman–Crippen LogP) is 5.09. The lowest BCUT2D eigenvalue weighted by atomic mass is 9.77. The summed E-state index contributed by atoms with van der Waals surface area (Å²) in [4.78, 5) is 13.1. The van der Waals surface area contributed by atoms with Crippen LogP contribution in [0.5, 0.6) is 0 Å². The topological polar surface area (TPSA) is 29.1 Å². The van der Waals surface area contributed by atoms with Gasteiger partial charge in [-0.3, -0.25) is 4.79 Å². The van der Waals surface area contributed by atoms with Crippen molar-refractivity contribution in [1.82, 2.24) is 5.32 Å². The lowest BCUT2D eigenvalue weighted by molar-refractivity contribution is -0.123. The zero-order chi connectivity index (χ0) is 18.8. The minimum Gasteiger partial charge on any atom is -0.302 e. The molecule has 0 aromatic heterocycles. The van der Waals surface area contributed by atoms with Crippen molar-refractivity contribution in [1.29, 1.82) is 0 Å². The first-order valence-electron chi connectivity index (χ1n) is 8.96. The molecule has 0 aliphatic carbocycles. The van der Waals surface area contributed by atoms with E-state index >= 15 is 0 Å². The monoisotopic (exact) mass is 363 g/mol. The Balaban J connectivity index is 1.73. The van der Waals surface area contributed by atoms with Crippen LogP contribution in [0, 0.1) is 11.6 Å². The number of halogens is 2. The summed E-state index contributed by atoms with van der Waals surface area (Å²) < 4.78 is 26.7. The molecule has 4 rings (SSSR count). The summed E-state index contributed by atoms with van der Waals surface area (Å²) in [6.07, 6.45) is 0.322. The summed E-state index contributed by atoms with van der Waals surface area (Å²) >= 11 is 0. The molecule has 1 N–H and O–H groups in total. The van der Waals surface area contributed by atoms with Gasteiger partial charge in [0.05, 0.1) is 5.92 Å². The van der Waals surface area contributed by atoms with Crippen molar-refractivity contribution in [3.05, 3.63) is 107 Å². The minimum absolute atomic E-state index is 0.114. The van der Waals surface area contributed by atoms with E-state index in [0.717, 1.165) is 16.7 Å². The van der Waals surface area contributed by atoms with E-state index in [4.69, 9.17) is 0 Å². The van der Waals surface area contributed by atoms with Gasteiger partial charge in [-0.05, 0) is 41.0 Å². The molecule has 0 saturated carbocycles. The lowest BCUT2D eigenvalue weighted by Crippen LogP contribution is -2.41. The maximum Gasteiger partial charge on any atom is 0.144 e. The molecular formula is C23H19F2NO. The summed E-state index contributed by atoms with van der Waals surface area (Å²) in [5.74, 6) is -0.859. The molecule has 0 amide bonds. The number of rotatable bonds is 3. The van der Waals surface area contributed by atoms with Gasteiger partial charge in [-0.1, -0.05) is 54.6 Å². The van der Waals surface area contributed by atoms with Crippen LogP contribution in [0.15, 0.2) is 78.9 Å². The molecule has 1 aliphatic rings. The van der Waals surface area contributed by atoms with Gasteiger partial charge in [0.25, 0.3) is 0 Å². The molecular weight excluding hydrogens is 344 g/mol. The number of carbonyl (C=O) groups is 1. The third kappa shape index (κ3) is 3.67. The first-order valence-corrected chi connectivity index (χ1v) is 8.96. The van der Waals surface area contributed by atoms with Gasteiger partial charge in [-0.15, -0.1) is 0 Å². The van der Waals surface area contributed by atoms with Crippen molar-refractivity contribution >= 4 is 5.78 Å². The maximum absolute atomic E-state index is 13.4. The van der Waals surface area contributed by atoms with Crippen LogP contribution in [-0.4, -0.2) is 5.78 Å². The largest absolute Gasteiger partial charge is 0.302 e. The second kappa shape index (κ2) is 7.41. The molecule has 0 unspecified atom stereocenters. The first-order chi connectivity index (χ1) is 13.1. The Labute approximate surface area is 156 Å². The van der Waals surface area contributed by atoms with Crippen LogP contribution in [0.2, 0.25) is 0 Å². The normalized spacial score (nSPS) is 22.6. The highest BCUT2D eigenvalue weighted by Gasteiger charge is 2.38. The lowest BCUT2D eigenvalue weighted by Gasteiger charge is -2.37. The number of piperidine rings is 1. The fraction of sp³-hybridized carbons (Fsp3) is 0.174. The fourth-order valence-corrected chi connectivity index (χ4v) is 3.79. The third-order valence-corrected chi connectivity index (χ3v) is 5.13. The molecule has 0 radical (unpaired) electrons. The van der Waals surface area contributed by atoms with Gasteiger partial charge < -0.3 is 5.32 Å². The van der Waals surface area contributed by atoms with Crippen LogP contribution in [0.1, 0.15) is 41.1 Å². The molecule has 0 bridgehead atoms. The third-order valence-electron chi connectivity index (χ3n) is 5.13. The first kappa shape index (κ1) is 17.6. The molecule has 1 saturated heterocycles. The van der Waals surface area contributed by atoms with E-state index in [0.29, 0.717) is 6.42 Å². The van der Waals surface area contributed by atoms with Crippen molar-refractivity contribution < 1.29 is 13.6 Å². The number of carbonyl (C=O) groups excluding carboxylic acids is 1. The number of hydrogen-bond donors (Lipinski definition) is 1. The Bertz CT molecular complexity index is 923. The van der Waals surface area contributed by atoms with Gasteiger partial charge in [-0.2, -0.15) is 0 Å². The average molecular weight is 363 g/mol. The minimum atomic E-state index is -0.353. The summed E-state index contributed by atoms with van der Waals surface area (Å²) in [5, 5.41) is 3.54. The highest BCUT2D eigenvalue weighted by atomic mass is 19.1. The fourth-order valence-electron chi connectivity index (χ4n) is 3.79. The Hall–Kier alpha value is -2.85. The Morgan fingerprint density at radius 1 is 0.704 bits per heavy atom. The van der Waals surface area contributed by atoms with Crippen molar-refractivity contribution in [3.63, 3.8) is 0 Å². The van der Waals surface area contributed by atoms with Gasteiger partial charge in [0.2, 0.25) is 0 Å². The van der Waals surface area contributed by atoms with Crippen molar-refractivity contribution in [2.45, 2.75) is 24.4 Å². The molecule has 2 nitrogen and oxygen atoms in total. The zero-order valence-corrected chi connectivity index (χ0v) is 14.6. The number of benzene rings is 3. The molecule has 3 aromatic carbocycles. The van der Waals surface area contributed by atoms with Crippen LogP contribution < -0.4 is 5.32 Å². The standard InChI is InChI=1S/C23H19F2NO/c24-18-10-6-15(7-11-18)20-14-21(27)22(16-4-2-1-3-5-16)23(26-20)17-8-12-19(25)13-9-17/h1-13,20,22-23,26H,14H2/t20-,22+,23-/m1/s1. The summed E-state index contributed by atoms with van der Waals surface area (Å²) in [5.41, 5.74) is 2.65. The molecule has 1 fully saturated rings. The Kier molecular flexibility index (Phi) is 4.82. The predicted molar refractivity (Wildman–Crippen MR) is 100 cm³/mol. The molecule has 4 heteroatoms. The van der Waals surface area contributed by atoms with Gasteiger partial charge in [0.1, 0.15) is 17.4 Å². The molecule has 1 aliphatic heterocycles. The molecule has 27 heavy (non-hydrogen) atoms. The number of hydrogen-bond acceptors (Lipinski definition) is 2.